The molecule has 1 aliphatic rings. The minimum atomic E-state index is -0.437. The zero-order valence-corrected chi connectivity index (χ0v) is 21.4. The van der Waals surface area contributed by atoms with E-state index in [1.807, 2.05) is 4.57 Å². The third kappa shape index (κ3) is 6.73. The molecule has 0 saturated carbocycles. The van der Waals surface area contributed by atoms with Gasteiger partial charge >= 0.3 is 12.1 Å². The molecule has 3 amide bonds. The molecule has 1 aromatic heterocycles. The molecular weight excluding hydrogens is 492 g/mol. The van der Waals surface area contributed by atoms with Gasteiger partial charge in [0.25, 0.3) is 5.91 Å². The number of hydrogen-bond acceptors (Lipinski definition) is 8. The monoisotopic (exact) mass is 520 g/mol. The van der Waals surface area contributed by atoms with E-state index in [2.05, 4.69) is 11.6 Å². The summed E-state index contributed by atoms with van der Waals surface area (Å²) in [6, 6.07) is 5.17. The van der Waals surface area contributed by atoms with Crippen molar-refractivity contribution < 1.29 is 28.7 Å². The molecular formula is C23H28N4O6S2. The number of esters is 1. The van der Waals surface area contributed by atoms with E-state index in [1.54, 1.807) is 41.0 Å². The van der Waals surface area contributed by atoms with Crippen LogP contribution in [0.5, 0.6) is 0 Å². The van der Waals surface area contributed by atoms with Gasteiger partial charge in [-0.2, -0.15) is 4.99 Å². The van der Waals surface area contributed by atoms with Gasteiger partial charge in [0.15, 0.2) is 4.80 Å². The first-order chi connectivity index (χ1) is 16.9. The highest BCUT2D eigenvalue weighted by Crippen LogP contribution is 2.20. The Hall–Kier alpha value is -3.12. The Kier molecular flexibility index (Phi) is 9.49. The summed E-state index contributed by atoms with van der Waals surface area (Å²) in [5, 5.41) is 0. The molecule has 0 atom stereocenters. The molecule has 10 nitrogen and oxygen atoms in total. The SMILES string of the molecule is C=CCn1c(=NC(=O)CSCC(=O)N2CCN(C(=O)OCC)CC2)sc2cc(C(=O)OC)ccc21. The maximum absolute atomic E-state index is 12.5. The van der Waals surface area contributed by atoms with E-state index in [-0.39, 0.29) is 29.4 Å². The van der Waals surface area contributed by atoms with E-state index >= 15 is 0 Å². The number of ether oxygens (including phenoxy) is 2. The molecule has 0 bridgehead atoms. The number of thiazole rings is 1. The van der Waals surface area contributed by atoms with Crippen molar-refractivity contribution in [3.05, 3.63) is 41.2 Å². The Labute approximate surface area is 211 Å². The number of thioether (sulfide) groups is 1. The lowest BCUT2D eigenvalue weighted by atomic mass is 10.2. The summed E-state index contributed by atoms with van der Waals surface area (Å²) in [6.45, 7) is 8.02. The van der Waals surface area contributed by atoms with Crippen molar-refractivity contribution in [2.24, 2.45) is 4.99 Å². The Morgan fingerprint density at radius 1 is 1.14 bits per heavy atom. The first-order valence-electron chi connectivity index (χ1n) is 11.0. The molecule has 3 rings (SSSR count). The predicted molar refractivity (Wildman–Crippen MR) is 134 cm³/mol. The predicted octanol–water partition coefficient (Wildman–Crippen LogP) is 2.14. The Bertz CT molecular complexity index is 1180. The van der Waals surface area contributed by atoms with Crippen LogP contribution in [-0.4, -0.2) is 89.6 Å². The van der Waals surface area contributed by atoms with Gasteiger partial charge < -0.3 is 23.8 Å². The lowest BCUT2D eigenvalue weighted by Gasteiger charge is -2.34. The van der Waals surface area contributed by atoms with Gasteiger partial charge in [0.05, 0.1) is 41.0 Å². The number of amides is 3. The quantitative estimate of drug-likeness (QED) is 0.387. The molecule has 1 saturated heterocycles. The van der Waals surface area contributed by atoms with Crippen LogP contribution in [0.25, 0.3) is 10.2 Å². The fourth-order valence-electron chi connectivity index (χ4n) is 3.52. The van der Waals surface area contributed by atoms with Crippen LogP contribution in [0.15, 0.2) is 35.8 Å². The van der Waals surface area contributed by atoms with Crippen LogP contribution in [-0.2, 0) is 25.6 Å². The molecule has 2 aromatic rings. The summed E-state index contributed by atoms with van der Waals surface area (Å²) in [5.74, 6) is -0.654. The van der Waals surface area contributed by atoms with E-state index in [4.69, 9.17) is 9.47 Å². The number of hydrogen-bond donors (Lipinski definition) is 0. The third-order valence-corrected chi connectivity index (χ3v) is 7.19. The number of methoxy groups -OCH3 is 1. The molecule has 0 unspecified atom stereocenters. The molecule has 188 valence electrons. The van der Waals surface area contributed by atoms with Gasteiger partial charge in [0, 0.05) is 32.7 Å². The summed E-state index contributed by atoms with van der Waals surface area (Å²) in [5.41, 5.74) is 1.25. The Morgan fingerprint density at radius 2 is 1.86 bits per heavy atom. The smallest absolute Gasteiger partial charge is 0.409 e. The van der Waals surface area contributed by atoms with Crippen molar-refractivity contribution in [3.8, 4) is 0 Å². The van der Waals surface area contributed by atoms with Gasteiger partial charge in [-0.1, -0.05) is 17.4 Å². The number of benzene rings is 1. The molecule has 0 N–H and O–H groups in total. The van der Waals surface area contributed by atoms with Gasteiger partial charge in [-0.15, -0.1) is 18.3 Å². The van der Waals surface area contributed by atoms with Crippen molar-refractivity contribution >= 4 is 57.2 Å². The lowest BCUT2D eigenvalue weighted by Crippen LogP contribution is -2.51. The number of nitrogens with zero attached hydrogens (tertiary/aromatic N) is 4. The first kappa shape index (κ1) is 26.5. The van der Waals surface area contributed by atoms with E-state index in [0.717, 1.165) is 10.2 Å². The molecule has 2 heterocycles. The average Bonchev–Trinajstić information content (AvgIpc) is 3.19. The van der Waals surface area contributed by atoms with Crippen molar-refractivity contribution in [1.29, 1.82) is 0 Å². The highest BCUT2D eigenvalue weighted by atomic mass is 32.2. The second-order valence-corrected chi connectivity index (χ2v) is 9.52. The van der Waals surface area contributed by atoms with Gasteiger partial charge in [-0.05, 0) is 25.1 Å². The van der Waals surface area contributed by atoms with Crippen molar-refractivity contribution in [3.63, 3.8) is 0 Å². The number of piperazine rings is 1. The van der Waals surface area contributed by atoms with Crippen LogP contribution in [0, 0.1) is 0 Å². The number of carbonyl (C=O) groups excluding carboxylic acids is 4. The number of fused-ring (bicyclic) bond motifs is 1. The summed E-state index contributed by atoms with van der Waals surface area (Å²) in [4.78, 5) is 56.6. The van der Waals surface area contributed by atoms with Gasteiger partial charge in [-0.3, -0.25) is 9.59 Å². The summed E-state index contributed by atoms with van der Waals surface area (Å²) in [6.07, 6.45) is 1.34. The van der Waals surface area contributed by atoms with Gasteiger partial charge in [-0.25, -0.2) is 9.59 Å². The minimum absolute atomic E-state index is 0.0598. The summed E-state index contributed by atoms with van der Waals surface area (Å²) in [7, 11) is 1.32. The summed E-state index contributed by atoms with van der Waals surface area (Å²) < 4.78 is 12.4. The minimum Gasteiger partial charge on any atom is -0.465 e. The zero-order chi connectivity index (χ0) is 25.4. The van der Waals surface area contributed by atoms with Gasteiger partial charge in [0.1, 0.15) is 0 Å². The van der Waals surface area contributed by atoms with E-state index in [0.29, 0.717) is 49.7 Å². The molecule has 0 radical (unpaired) electrons. The third-order valence-electron chi connectivity index (χ3n) is 5.25. The van der Waals surface area contributed by atoms with E-state index in [1.165, 1.54) is 30.2 Å². The Morgan fingerprint density at radius 3 is 2.51 bits per heavy atom. The van der Waals surface area contributed by atoms with Crippen LogP contribution >= 0.6 is 23.1 Å². The topological polar surface area (TPSA) is 111 Å². The molecule has 0 spiro atoms. The molecule has 35 heavy (non-hydrogen) atoms. The number of rotatable bonds is 8. The van der Waals surface area contributed by atoms with Crippen molar-refractivity contribution in [1.82, 2.24) is 14.4 Å². The largest absolute Gasteiger partial charge is 0.465 e. The van der Waals surface area contributed by atoms with Crippen LogP contribution < -0.4 is 4.80 Å². The van der Waals surface area contributed by atoms with Crippen molar-refractivity contribution in [2.45, 2.75) is 13.5 Å². The average molecular weight is 521 g/mol. The highest BCUT2D eigenvalue weighted by molar-refractivity contribution is 8.00. The van der Waals surface area contributed by atoms with Crippen molar-refractivity contribution in [2.75, 3.05) is 51.4 Å². The first-order valence-corrected chi connectivity index (χ1v) is 13.0. The number of allylic oxidation sites excluding steroid dienone is 1. The highest BCUT2D eigenvalue weighted by Gasteiger charge is 2.24. The molecule has 1 aliphatic heterocycles. The standard InChI is InChI=1S/C23H28N4O6S2/c1-4-8-27-17-7-6-16(21(30)32-3)13-18(17)35-22(27)24-19(28)14-34-15-20(29)25-9-11-26(12-10-25)23(31)33-5-2/h4,6-7,13H,1,5,8-12,14-15H2,2-3H3. The molecule has 1 fully saturated rings. The van der Waals surface area contributed by atoms with Crippen LogP contribution in [0.2, 0.25) is 0 Å². The fraction of sp³-hybridized carbons (Fsp3) is 0.435. The maximum atomic E-state index is 12.5. The second-order valence-electron chi connectivity index (χ2n) is 7.52. The van der Waals surface area contributed by atoms with E-state index < -0.39 is 5.97 Å². The lowest BCUT2D eigenvalue weighted by molar-refractivity contribution is -0.129. The fourth-order valence-corrected chi connectivity index (χ4v) is 5.31. The molecule has 0 aliphatic carbocycles. The number of carbonyl (C=O) groups is 4. The van der Waals surface area contributed by atoms with Crippen LogP contribution in [0.3, 0.4) is 0 Å². The van der Waals surface area contributed by atoms with Crippen LogP contribution in [0.1, 0.15) is 17.3 Å². The normalized spacial score (nSPS) is 14.2. The van der Waals surface area contributed by atoms with Gasteiger partial charge in [0.2, 0.25) is 5.91 Å². The van der Waals surface area contributed by atoms with E-state index in [9.17, 15) is 19.2 Å². The zero-order valence-electron chi connectivity index (χ0n) is 19.7. The maximum Gasteiger partial charge on any atom is 0.409 e. The Balaban J connectivity index is 1.59. The van der Waals surface area contributed by atoms with Crippen LogP contribution in [0.4, 0.5) is 4.79 Å². The summed E-state index contributed by atoms with van der Waals surface area (Å²) >= 11 is 2.50. The second kappa shape index (κ2) is 12.5. The number of aromatic nitrogens is 1. The molecule has 1 aromatic carbocycles. The molecule has 12 heteroatoms.